The van der Waals surface area contributed by atoms with Crippen molar-refractivity contribution in [3.05, 3.63) is 47.6 Å². The van der Waals surface area contributed by atoms with Crippen LogP contribution in [0.5, 0.6) is 0 Å². The van der Waals surface area contributed by atoms with Gasteiger partial charge in [-0.25, -0.2) is 0 Å². The first-order valence-electron chi connectivity index (χ1n) is 6.01. The van der Waals surface area contributed by atoms with Crippen LogP contribution >= 0.6 is 11.3 Å². The fourth-order valence-corrected chi connectivity index (χ4v) is 2.28. The molecular weight excluding hydrogens is 278 g/mol. The van der Waals surface area contributed by atoms with Gasteiger partial charge in [-0.3, -0.25) is 4.79 Å². The second kappa shape index (κ2) is 5.70. The second-order valence-corrected chi connectivity index (χ2v) is 4.91. The van der Waals surface area contributed by atoms with Crippen molar-refractivity contribution in [2.45, 2.75) is 6.42 Å². The predicted molar refractivity (Wildman–Crippen MR) is 72.4 cm³/mol. The standard InChI is InChI=1S/C13H11N3O3S/c17-12(9-3-1-7-18-9)14-6-5-11-15-16-13(19-11)10-4-2-8-20-10/h1-4,7-8H,5-6H2,(H,14,17). The van der Waals surface area contributed by atoms with Crippen LogP contribution in [-0.2, 0) is 6.42 Å². The molecule has 0 radical (unpaired) electrons. The Labute approximate surface area is 118 Å². The second-order valence-electron chi connectivity index (χ2n) is 3.96. The van der Waals surface area contributed by atoms with Crippen LogP contribution in [0.4, 0.5) is 0 Å². The van der Waals surface area contributed by atoms with Gasteiger partial charge in [0.1, 0.15) is 0 Å². The molecular formula is C13H11N3O3S. The van der Waals surface area contributed by atoms with Gasteiger partial charge in [-0.1, -0.05) is 6.07 Å². The minimum Gasteiger partial charge on any atom is -0.459 e. The molecule has 3 aromatic rings. The van der Waals surface area contributed by atoms with Crippen LogP contribution in [0.25, 0.3) is 10.8 Å². The van der Waals surface area contributed by atoms with E-state index >= 15 is 0 Å². The third kappa shape index (κ3) is 2.77. The van der Waals surface area contributed by atoms with Gasteiger partial charge in [0.25, 0.3) is 11.8 Å². The van der Waals surface area contributed by atoms with Crippen LogP contribution in [0.2, 0.25) is 0 Å². The zero-order valence-corrected chi connectivity index (χ0v) is 11.2. The van der Waals surface area contributed by atoms with Crippen molar-refractivity contribution >= 4 is 17.2 Å². The molecule has 0 aliphatic rings. The summed E-state index contributed by atoms with van der Waals surface area (Å²) < 4.78 is 10.5. The van der Waals surface area contributed by atoms with Crippen molar-refractivity contribution in [1.82, 2.24) is 15.5 Å². The lowest BCUT2D eigenvalue weighted by molar-refractivity contribution is 0.0926. The van der Waals surface area contributed by atoms with Gasteiger partial charge < -0.3 is 14.2 Å². The highest BCUT2D eigenvalue weighted by Crippen LogP contribution is 2.22. The van der Waals surface area contributed by atoms with Gasteiger partial charge in [0.2, 0.25) is 5.89 Å². The van der Waals surface area contributed by atoms with Gasteiger partial charge in [0, 0.05) is 13.0 Å². The maximum absolute atomic E-state index is 11.6. The van der Waals surface area contributed by atoms with Gasteiger partial charge in [0.15, 0.2) is 5.76 Å². The SMILES string of the molecule is O=C(NCCc1nnc(-c2cccs2)o1)c1ccco1. The van der Waals surface area contributed by atoms with E-state index in [1.165, 1.54) is 17.6 Å². The molecule has 0 aliphatic heterocycles. The summed E-state index contributed by atoms with van der Waals surface area (Å²) in [6.45, 7) is 0.408. The number of carbonyl (C=O) groups excluding carboxylic acids is 1. The van der Waals surface area contributed by atoms with Crippen LogP contribution < -0.4 is 5.32 Å². The minimum atomic E-state index is -0.256. The molecule has 0 aliphatic carbocycles. The summed E-state index contributed by atoms with van der Waals surface area (Å²) in [4.78, 5) is 12.6. The summed E-state index contributed by atoms with van der Waals surface area (Å²) in [5.74, 6) is 1.03. The Morgan fingerprint density at radius 2 is 2.25 bits per heavy atom. The van der Waals surface area contributed by atoms with Crippen LogP contribution in [0.15, 0.2) is 44.7 Å². The molecule has 0 fully saturated rings. The molecule has 1 amide bonds. The largest absolute Gasteiger partial charge is 0.459 e. The summed E-state index contributed by atoms with van der Waals surface area (Å²) in [6, 6.07) is 7.12. The molecule has 0 atom stereocenters. The van der Waals surface area contributed by atoms with E-state index in [0.717, 1.165) is 4.88 Å². The maximum atomic E-state index is 11.6. The Hall–Kier alpha value is -2.41. The van der Waals surface area contributed by atoms with Crippen molar-refractivity contribution in [2.24, 2.45) is 0 Å². The maximum Gasteiger partial charge on any atom is 0.286 e. The van der Waals surface area contributed by atoms with E-state index in [-0.39, 0.29) is 11.7 Å². The Morgan fingerprint density at radius 3 is 3.00 bits per heavy atom. The van der Waals surface area contributed by atoms with E-state index in [9.17, 15) is 4.79 Å². The first-order chi connectivity index (χ1) is 9.83. The molecule has 0 saturated heterocycles. The summed E-state index contributed by atoms with van der Waals surface area (Å²) in [5.41, 5.74) is 0. The highest BCUT2D eigenvalue weighted by atomic mass is 32.1. The number of amides is 1. The van der Waals surface area contributed by atoms with Crippen molar-refractivity contribution in [3.8, 4) is 10.8 Å². The molecule has 1 N–H and O–H groups in total. The molecule has 0 bridgehead atoms. The fraction of sp³-hybridized carbons (Fsp3) is 0.154. The normalized spacial score (nSPS) is 10.6. The number of carbonyl (C=O) groups is 1. The first kappa shape index (κ1) is 12.6. The molecule has 20 heavy (non-hydrogen) atoms. The van der Waals surface area contributed by atoms with Gasteiger partial charge in [-0.2, -0.15) is 0 Å². The molecule has 0 spiro atoms. The highest BCUT2D eigenvalue weighted by molar-refractivity contribution is 7.13. The number of hydrogen-bond donors (Lipinski definition) is 1. The summed E-state index contributed by atoms with van der Waals surface area (Å²) in [7, 11) is 0. The number of thiophene rings is 1. The Balaban J connectivity index is 1.53. The zero-order chi connectivity index (χ0) is 13.8. The zero-order valence-electron chi connectivity index (χ0n) is 10.4. The molecule has 0 unspecified atom stereocenters. The van der Waals surface area contributed by atoms with Crippen LogP contribution in [0, 0.1) is 0 Å². The van der Waals surface area contributed by atoms with Crippen LogP contribution in [0.3, 0.4) is 0 Å². The highest BCUT2D eigenvalue weighted by Gasteiger charge is 2.11. The van der Waals surface area contributed by atoms with Crippen LogP contribution in [0.1, 0.15) is 16.4 Å². The van der Waals surface area contributed by atoms with E-state index in [0.29, 0.717) is 24.7 Å². The van der Waals surface area contributed by atoms with E-state index in [1.54, 1.807) is 12.1 Å². The Kier molecular flexibility index (Phi) is 3.60. The van der Waals surface area contributed by atoms with Gasteiger partial charge in [0.05, 0.1) is 11.1 Å². The van der Waals surface area contributed by atoms with Crippen molar-refractivity contribution in [2.75, 3.05) is 6.54 Å². The Bertz CT molecular complexity index is 674. The number of nitrogens with zero attached hydrogens (tertiary/aromatic N) is 2. The number of aromatic nitrogens is 2. The molecule has 0 saturated carbocycles. The number of nitrogens with one attached hydrogen (secondary N) is 1. The number of hydrogen-bond acceptors (Lipinski definition) is 6. The third-order valence-corrected chi connectivity index (χ3v) is 3.43. The van der Waals surface area contributed by atoms with Gasteiger partial charge in [-0.15, -0.1) is 21.5 Å². The van der Waals surface area contributed by atoms with E-state index < -0.39 is 0 Å². The topological polar surface area (TPSA) is 81.2 Å². The summed E-state index contributed by atoms with van der Waals surface area (Å²) in [5, 5.41) is 12.6. The molecule has 0 aromatic carbocycles. The van der Waals surface area contributed by atoms with Gasteiger partial charge >= 0.3 is 0 Å². The molecule has 7 heteroatoms. The number of rotatable bonds is 5. The lowest BCUT2D eigenvalue weighted by Crippen LogP contribution is -2.25. The smallest absolute Gasteiger partial charge is 0.286 e. The molecule has 6 nitrogen and oxygen atoms in total. The Morgan fingerprint density at radius 1 is 1.30 bits per heavy atom. The quantitative estimate of drug-likeness (QED) is 0.779. The monoisotopic (exact) mass is 289 g/mol. The van der Waals surface area contributed by atoms with Crippen molar-refractivity contribution in [1.29, 1.82) is 0 Å². The molecule has 3 heterocycles. The van der Waals surface area contributed by atoms with E-state index in [1.807, 2.05) is 17.5 Å². The minimum absolute atomic E-state index is 0.256. The van der Waals surface area contributed by atoms with Gasteiger partial charge in [-0.05, 0) is 23.6 Å². The average molecular weight is 289 g/mol. The lowest BCUT2D eigenvalue weighted by Gasteiger charge is -1.99. The molecule has 3 rings (SSSR count). The fourth-order valence-electron chi connectivity index (χ4n) is 1.63. The van der Waals surface area contributed by atoms with Crippen molar-refractivity contribution in [3.63, 3.8) is 0 Å². The molecule has 3 aromatic heterocycles. The van der Waals surface area contributed by atoms with Crippen LogP contribution in [-0.4, -0.2) is 22.6 Å². The summed E-state index contributed by atoms with van der Waals surface area (Å²) in [6.07, 6.45) is 1.94. The van der Waals surface area contributed by atoms with E-state index in [4.69, 9.17) is 8.83 Å². The lowest BCUT2D eigenvalue weighted by atomic mass is 10.4. The van der Waals surface area contributed by atoms with E-state index in [2.05, 4.69) is 15.5 Å². The van der Waals surface area contributed by atoms with Crippen molar-refractivity contribution < 1.29 is 13.6 Å². The number of furan rings is 1. The predicted octanol–water partition coefficient (Wildman–Crippen LogP) is 2.36. The first-order valence-corrected chi connectivity index (χ1v) is 6.89. The average Bonchev–Trinajstić information content (AvgIpc) is 3.20. The third-order valence-electron chi connectivity index (χ3n) is 2.57. The molecule has 102 valence electrons. The summed E-state index contributed by atoms with van der Waals surface area (Å²) >= 11 is 1.54.